The second-order valence-electron chi connectivity index (χ2n) is 9.47. The first-order chi connectivity index (χ1) is 14.8. The number of rotatable bonds is 1. The Kier molecular flexibility index (Phi) is 4.68. The Bertz CT molecular complexity index is 1280. The molecule has 0 radical (unpaired) electrons. The highest BCUT2D eigenvalue weighted by molar-refractivity contribution is 5.94. The van der Waals surface area contributed by atoms with Crippen LogP contribution in [0.5, 0.6) is 0 Å². The summed E-state index contributed by atoms with van der Waals surface area (Å²) in [5.41, 5.74) is 5.38. The van der Waals surface area contributed by atoms with Crippen LogP contribution in [-0.4, -0.2) is 26.1 Å². The van der Waals surface area contributed by atoms with E-state index in [0.717, 1.165) is 53.0 Å². The van der Waals surface area contributed by atoms with E-state index < -0.39 is 0 Å². The van der Waals surface area contributed by atoms with Crippen LogP contribution >= 0.6 is 0 Å². The summed E-state index contributed by atoms with van der Waals surface area (Å²) in [6, 6.07) is 11.1. The number of fused-ring (bicyclic) bond motifs is 4. The van der Waals surface area contributed by atoms with Gasteiger partial charge in [0.1, 0.15) is 17.5 Å². The van der Waals surface area contributed by atoms with Crippen molar-refractivity contribution in [3.63, 3.8) is 0 Å². The number of halogens is 1. The van der Waals surface area contributed by atoms with E-state index in [0.29, 0.717) is 5.78 Å². The van der Waals surface area contributed by atoms with Gasteiger partial charge in [0, 0.05) is 17.6 Å². The number of aromatic nitrogens is 4. The molecule has 0 saturated heterocycles. The van der Waals surface area contributed by atoms with Crippen LogP contribution in [0.3, 0.4) is 0 Å². The van der Waals surface area contributed by atoms with Gasteiger partial charge in [-0.25, -0.2) is 4.39 Å². The average Bonchev–Trinajstić information content (AvgIpc) is 3.32. The maximum absolute atomic E-state index is 14.1. The molecule has 0 N–H and O–H groups in total. The van der Waals surface area contributed by atoms with Crippen molar-refractivity contribution in [2.45, 2.75) is 53.4 Å². The Labute approximate surface area is 181 Å². The minimum Gasteiger partial charge on any atom is -0.325 e. The molecule has 0 bridgehead atoms. The van der Waals surface area contributed by atoms with Crippen molar-refractivity contribution in [1.29, 1.82) is 0 Å². The van der Waals surface area contributed by atoms with Gasteiger partial charge in [0.15, 0.2) is 0 Å². The Hall–Kier alpha value is -3.02. The highest BCUT2D eigenvalue weighted by atomic mass is 19.1. The molecule has 31 heavy (non-hydrogen) atoms. The zero-order valence-electron chi connectivity index (χ0n) is 18.6. The topological polar surface area (TPSA) is 46.3 Å². The molecule has 0 atom stereocenters. The molecular formula is C25H28FN5. The Balaban J connectivity index is 0.000000361. The smallest absolute Gasteiger partial charge is 0.257 e. The molecule has 1 fully saturated rings. The van der Waals surface area contributed by atoms with Crippen molar-refractivity contribution in [1.82, 2.24) is 19.6 Å². The minimum atomic E-state index is -0.271. The standard InChI is InChI=1S/C20H18FN5.C5H10/c1-12-5-3-7-17-15(12)6-4-10-25(17)19-16-11-14(21)8-9-18(16)26-13(2)23-24-20(26)22-19;1-5(2)3-4-5/h3,5,7-9,11H,4,6,10H2,1-2H3;3-4H2,1-2H3. The lowest BCUT2D eigenvalue weighted by Gasteiger charge is -2.32. The third kappa shape index (κ3) is 3.64. The van der Waals surface area contributed by atoms with Crippen LogP contribution in [0, 0.1) is 25.1 Å². The van der Waals surface area contributed by atoms with Crippen molar-refractivity contribution in [3.8, 4) is 0 Å². The van der Waals surface area contributed by atoms with Gasteiger partial charge in [-0.1, -0.05) is 26.0 Å². The molecule has 160 valence electrons. The summed E-state index contributed by atoms with van der Waals surface area (Å²) < 4.78 is 16.0. The molecule has 5 nitrogen and oxygen atoms in total. The second-order valence-corrected chi connectivity index (χ2v) is 9.47. The maximum atomic E-state index is 14.1. The molecule has 2 aliphatic rings. The van der Waals surface area contributed by atoms with Gasteiger partial charge in [-0.05, 0) is 80.3 Å². The van der Waals surface area contributed by atoms with Gasteiger partial charge < -0.3 is 4.90 Å². The molecule has 1 aliphatic carbocycles. The van der Waals surface area contributed by atoms with E-state index in [1.54, 1.807) is 12.1 Å². The van der Waals surface area contributed by atoms with Gasteiger partial charge in [0.25, 0.3) is 5.78 Å². The molecule has 6 heteroatoms. The van der Waals surface area contributed by atoms with E-state index in [1.807, 2.05) is 11.3 Å². The molecular weight excluding hydrogens is 389 g/mol. The maximum Gasteiger partial charge on any atom is 0.257 e. The van der Waals surface area contributed by atoms with E-state index in [-0.39, 0.29) is 5.82 Å². The van der Waals surface area contributed by atoms with Gasteiger partial charge >= 0.3 is 0 Å². The molecule has 2 aromatic carbocycles. The monoisotopic (exact) mass is 417 g/mol. The normalized spacial score (nSPS) is 16.7. The van der Waals surface area contributed by atoms with Crippen molar-refractivity contribution in [3.05, 3.63) is 59.2 Å². The van der Waals surface area contributed by atoms with Crippen LogP contribution < -0.4 is 4.90 Å². The molecule has 0 amide bonds. The minimum absolute atomic E-state index is 0.271. The van der Waals surface area contributed by atoms with Crippen LogP contribution in [0.4, 0.5) is 15.9 Å². The second kappa shape index (κ2) is 7.29. The summed E-state index contributed by atoms with van der Waals surface area (Å²) in [6.07, 6.45) is 4.99. The molecule has 0 spiro atoms. The van der Waals surface area contributed by atoms with Crippen LogP contribution in [0.15, 0.2) is 36.4 Å². The van der Waals surface area contributed by atoms with E-state index in [1.165, 1.54) is 30.0 Å². The fourth-order valence-corrected chi connectivity index (χ4v) is 4.22. The van der Waals surface area contributed by atoms with Crippen molar-refractivity contribution >= 4 is 28.2 Å². The molecule has 6 rings (SSSR count). The summed E-state index contributed by atoms with van der Waals surface area (Å²) in [7, 11) is 0. The third-order valence-electron chi connectivity index (χ3n) is 6.44. The van der Waals surface area contributed by atoms with E-state index >= 15 is 0 Å². The fraction of sp³-hybridized carbons (Fsp3) is 0.400. The Morgan fingerprint density at radius 2 is 1.81 bits per heavy atom. The number of hydrogen-bond donors (Lipinski definition) is 0. The molecule has 2 aromatic heterocycles. The summed E-state index contributed by atoms with van der Waals surface area (Å²) in [5, 5.41) is 9.13. The van der Waals surface area contributed by atoms with Gasteiger partial charge in [-0.2, -0.15) is 4.98 Å². The molecule has 4 aromatic rings. The van der Waals surface area contributed by atoms with Gasteiger partial charge in [-0.15, -0.1) is 10.2 Å². The molecule has 0 unspecified atom stereocenters. The molecule has 1 saturated carbocycles. The zero-order chi connectivity index (χ0) is 21.8. The number of nitrogens with zero attached hydrogens (tertiary/aromatic N) is 5. The SMILES string of the molecule is CC1(C)CC1.Cc1cccc2c1CCCN2c1nc2nnc(C)n2c2ccc(F)cc12. The lowest BCUT2D eigenvalue weighted by atomic mass is 9.97. The average molecular weight is 418 g/mol. The lowest BCUT2D eigenvalue weighted by molar-refractivity contribution is 0.629. The van der Waals surface area contributed by atoms with E-state index in [9.17, 15) is 4.39 Å². The van der Waals surface area contributed by atoms with Crippen LogP contribution in [0.2, 0.25) is 0 Å². The zero-order valence-corrected chi connectivity index (χ0v) is 18.6. The van der Waals surface area contributed by atoms with Crippen molar-refractivity contribution in [2.75, 3.05) is 11.4 Å². The van der Waals surface area contributed by atoms with E-state index in [2.05, 4.69) is 54.1 Å². The first-order valence-electron chi connectivity index (χ1n) is 11.0. The predicted molar refractivity (Wildman–Crippen MR) is 123 cm³/mol. The predicted octanol–water partition coefficient (Wildman–Crippen LogP) is 5.92. The largest absolute Gasteiger partial charge is 0.325 e. The summed E-state index contributed by atoms with van der Waals surface area (Å²) in [5.74, 6) is 1.75. The Morgan fingerprint density at radius 1 is 1.03 bits per heavy atom. The quantitative estimate of drug-likeness (QED) is 0.385. The van der Waals surface area contributed by atoms with Crippen LogP contribution in [-0.2, 0) is 6.42 Å². The first-order valence-corrected chi connectivity index (χ1v) is 11.0. The summed E-state index contributed by atoms with van der Waals surface area (Å²) in [4.78, 5) is 6.96. The summed E-state index contributed by atoms with van der Waals surface area (Å²) in [6.45, 7) is 9.46. The van der Waals surface area contributed by atoms with Crippen LogP contribution in [0.25, 0.3) is 16.7 Å². The number of anilines is 2. The molecule has 3 heterocycles. The van der Waals surface area contributed by atoms with Crippen molar-refractivity contribution in [2.24, 2.45) is 5.41 Å². The lowest BCUT2D eigenvalue weighted by Crippen LogP contribution is -2.26. The number of hydrogen-bond acceptors (Lipinski definition) is 4. The highest BCUT2D eigenvalue weighted by Crippen LogP contribution is 2.43. The van der Waals surface area contributed by atoms with Gasteiger partial charge in [0.2, 0.25) is 0 Å². The van der Waals surface area contributed by atoms with Crippen molar-refractivity contribution < 1.29 is 4.39 Å². The number of benzene rings is 2. The van der Waals surface area contributed by atoms with E-state index in [4.69, 9.17) is 4.98 Å². The first kappa shape index (κ1) is 19.9. The summed E-state index contributed by atoms with van der Waals surface area (Å²) >= 11 is 0. The van der Waals surface area contributed by atoms with Gasteiger partial charge in [0.05, 0.1) is 5.52 Å². The number of aryl methyl sites for hydroxylation is 2. The van der Waals surface area contributed by atoms with Crippen LogP contribution in [0.1, 0.15) is 50.1 Å². The fourth-order valence-electron chi connectivity index (χ4n) is 4.22. The Morgan fingerprint density at radius 3 is 2.55 bits per heavy atom. The van der Waals surface area contributed by atoms with Gasteiger partial charge in [-0.3, -0.25) is 4.40 Å². The highest BCUT2D eigenvalue weighted by Gasteiger charge is 2.30. The third-order valence-corrected chi connectivity index (χ3v) is 6.44. The molecule has 1 aliphatic heterocycles.